The molecule has 3 rings (SSSR count). The number of carbonyl (C=O) groups is 1. The molecule has 1 aliphatic carbocycles. The average molecular weight is 288 g/mol. The van der Waals surface area contributed by atoms with Crippen molar-refractivity contribution in [2.75, 3.05) is 6.54 Å². The Morgan fingerprint density at radius 3 is 3.05 bits per heavy atom. The third kappa shape index (κ3) is 3.72. The van der Waals surface area contributed by atoms with Gasteiger partial charge in [-0.25, -0.2) is 0 Å². The molecule has 112 valence electrons. The van der Waals surface area contributed by atoms with Gasteiger partial charge in [-0.05, 0) is 31.9 Å². The van der Waals surface area contributed by atoms with E-state index in [0.717, 1.165) is 35.6 Å². The quantitative estimate of drug-likeness (QED) is 0.678. The molecule has 21 heavy (non-hydrogen) atoms. The van der Waals surface area contributed by atoms with Crippen LogP contribution in [-0.2, 0) is 11.3 Å². The van der Waals surface area contributed by atoms with Crippen LogP contribution in [0.2, 0.25) is 0 Å². The molecule has 0 bridgehead atoms. The average Bonchev–Trinajstić information content (AvgIpc) is 2.98. The van der Waals surface area contributed by atoms with Crippen LogP contribution in [0.3, 0.4) is 0 Å². The van der Waals surface area contributed by atoms with Crippen LogP contribution in [-0.4, -0.2) is 28.7 Å². The number of nitrogens with one attached hydrogen (secondary N) is 3. The van der Waals surface area contributed by atoms with Gasteiger partial charge in [0.05, 0.1) is 6.20 Å². The van der Waals surface area contributed by atoms with Crippen LogP contribution in [0.1, 0.15) is 30.6 Å². The molecule has 1 amide bonds. The SMILES string of the molecule is Cc1ccc(-c2[nH]ncc2CNCCC(=O)NC2CC2)o1. The molecule has 2 heterocycles. The Balaban J connectivity index is 1.47. The third-order valence-corrected chi connectivity index (χ3v) is 3.49. The zero-order chi connectivity index (χ0) is 14.7. The summed E-state index contributed by atoms with van der Waals surface area (Å²) in [6, 6.07) is 4.28. The van der Waals surface area contributed by atoms with E-state index < -0.39 is 0 Å². The van der Waals surface area contributed by atoms with Crippen molar-refractivity contribution in [2.24, 2.45) is 0 Å². The van der Waals surface area contributed by atoms with Gasteiger partial charge in [0.25, 0.3) is 0 Å². The van der Waals surface area contributed by atoms with E-state index in [9.17, 15) is 4.79 Å². The van der Waals surface area contributed by atoms with E-state index >= 15 is 0 Å². The molecule has 6 heteroatoms. The van der Waals surface area contributed by atoms with Gasteiger partial charge >= 0.3 is 0 Å². The van der Waals surface area contributed by atoms with Gasteiger partial charge in [0.2, 0.25) is 5.91 Å². The van der Waals surface area contributed by atoms with Crippen molar-refractivity contribution in [3.05, 3.63) is 29.7 Å². The summed E-state index contributed by atoms with van der Waals surface area (Å²) >= 11 is 0. The van der Waals surface area contributed by atoms with Crippen molar-refractivity contribution in [3.63, 3.8) is 0 Å². The number of aryl methyl sites for hydroxylation is 1. The Kier molecular flexibility index (Phi) is 4.06. The molecule has 0 spiro atoms. The maximum Gasteiger partial charge on any atom is 0.221 e. The smallest absolute Gasteiger partial charge is 0.221 e. The van der Waals surface area contributed by atoms with Crippen LogP contribution in [0, 0.1) is 6.92 Å². The topological polar surface area (TPSA) is 83.0 Å². The first-order valence-corrected chi connectivity index (χ1v) is 7.31. The molecule has 2 aromatic heterocycles. The zero-order valence-corrected chi connectivity index (χ0v) is 12.1. The second kappa shape index (κ2) is 6.13. The minimum Gasteiger partial charge on any atom is -0.460 e. The predicted molar refractivity (Wildman–Crippen MR) is 78.5 cm³/mol. The summed E-state index contributed by atoms with van der Waals surface area (Å²) in [6.45, 7) is 3.22. The third-order valence-electron chi connectivity index (χ3n) is 3.49. The van der Waals surface area contributed by atoms with Crippen LogP contribution >= 0.6 is 0 Å². The fourth-order valence-electron chi connectivity index (χ4n) is 2.18. The maximum absolute atomic E-state index is 11.6. The molecule has 1 aliphatic rings. The van der Waals surface area contributed by atoms with Gasteiger partial charge in [0.1, 0.15) is 11.5 Å². The lowest BCUT2D eigenvalue weighted by Gasteiger charge is -2.05. The van der Waals surface area contributed by atoms with E-state index in [1.165, 1.54) is 0 Å². The lowest BCUT2D eigenvalue weighted by Crippen LogP contribution is -2.29. The van der Waals surface area contributed by atoms with Gasteiger partial charge in [0, 0.05) is 31.1 Å². The lowest BCUT2D eigenvalue weighted by molar-refractivity contribution is -0.121. The van der Waals surface area contributed by atoms with Crippen LogP contribution in [0.25, 0.3) is 11.5 Å². The summed E-state index contributed by atoms with van der Waals surface area (Å²) in [5, 5.41) is 13.3. The van der Waals surface area contributed by atoms with Gasteiger partial charge < -0.3 is 15.1 Å². The van der Waals surface area contributed by atoms with E-state index in [-0.39, 0.29) is 5.91 Å². The fourth-order valence-corrected chi connectivity index (χ4v) is 2.18. The minimum atomic E-state index is 0.124. The highest BCUT2D eigenvalue weighted by atomic mass is 16.3. The zero-order valence-electron chi connectivity index (χ0n) is 12.1. The lowest BCUT2D eigenvalue weighted by atomic mass is 10.2. The van der Waals surface area contributed by atoms with Gasteiger partial charge in [-0.2, -0.15) is 5.10 Å². The first-order valence-electron chi connectivity index (χ1n) is 7.31. The first kappa shape index (κ1) is 13.9. The molecule has 0 unspecified atom stereocenters. The number of hydrogen-bond donors (Lipinski definition) is 3. The van der Waals surface area contributed by atoms with Crippen molar-refractivity contribution in [3.8, 4) is 11.5 Å². The van der Waals surface area contributed by atoms with E-state index in [1.807, 2.05) is 19.1 Å². The van der Waals surface area contributed by atoms with Crippen molar-refractivity contribution < 1.29 is 9.21 Å². The van der Waals surface area contributed by atoms with E-state index in [4.69, 9.17) is 4.42 Å². The molecule has 0 radical (unpaired) electrons. The van der Waals surface area contributed by atoms with Crippen molar-refractivity contribution in [2.45, 2.75) is 38.8 Å². The molecule has 1 saturated carbocycles. The molecular formula is C15H20N4O2. The standard InChI is InChI=1S/C15H20N4O2/c1-10-2-5-13(21-10)15-11(9-17-19-15)8-16-7-6-14(20)18-12-3-4-12/h2,5,9,12,16H,3-4,6-8H2,1H3,(H,17,19)(H,18,20). The van der Waals surface area contributed by atoms with Crippen molar-refractivity contribution in [1.82, 2.24) is 20.8 Å². The summed E-state index contributed by atoms with van der Waals surface area (Å²) in [5.74, 6) is 1.78. The monoisotopic (exact) mass is 288 g/mol. The van der Waals surface area contributed by atoms with Gasteiger partial charge in [-0.1, -0.05) is 0 Å². The fraction of sp³-hybridized carbons (Fsp3) is 0.467. The number of aromatic amines is 1. The second-order valence-corrected chi connectivity index (χ2v) is 5.45. The van der Waals surface area contributed by atoms with Gasteiger partial charge in [-0.15, -0.1) is 0 Å². The van der Waals surface area contributed by atoms with Crippen LogP contribution in [0.15, 0.2) is 22.7 Å². The Labute approximate surface area is 123 Å². The first-order chi connectivity index (χ1) is 10.2. The van der Waals surface area contributed by atoms with E-state index in [0.29, 0.717) is 25.6 Å². The van der Waals surface area contributed by atoms with Crippen molar-refractivity contribution in [1.29, 1.82) is 0 Å². The van der Waals surface area contributed by atoms with Crippen LogP contribution in [0.4, 0.5) is 0 Å². The summed E-state index contributed by atoms with van der Waals surface area (Å²) in [4.78, 5) is 11.6. The highest BCUT2D eigenvalue weighted by Gasteiger charge is 2.22. The number of H-pyrrole nitrogens is 1. The molecule has 0 atom stereocenters. The number of furan rings is 1. The molecule has 2 aromatic rings. The number of rotatable bonds is 7. The van der Waals surface area contributed by atoms with Crippen LogP contribution in [0.5, 0.6) is 0 Å². The van der Waals surface area contributed by atoms with Crippen LogP contribution < -0.4 is 10.6 Å². The summed E-state index contributed by atoms with van der Waals surface area (Å²) < 4.78 is 5.60. The summed E-state index contributed by atoms with van der Waals surface area (Å²) in [6.07, 6.45) is 4.54. The summed E-state index contributed by atoms with van der Waals surface area (Å²) in [5.41, 5.74) is 1.92. The molecular weight excluding hydrogens is 268 g/mol. The highest BCUT2D eigenvalue weighted by Crippen LogP contribution is 2.23. The van der Waals surface area contributed by atoms with Crippen molar-refractivity contribution >= 4 is 5.91 Å². The molecule has 0 aliphatic heterocycles. The highest BCUT2D eigenvalue weighted by molar-refractivity contribution is 5.76. The second-order valence-electron chi connectivity index (χ2n) is 5.45. The Bertz CT molecular complexity index is 613. The number of carbonyl (C=O) groups excluding carboxylic acids is 1. The predicted octanol–water partition coefficient (Wildman–Crippen LogP) is 1.74. The molecule has 6 nitrogen and oxygen atoms in total. The van der Waals surface area contributed by atoms with E-state index in [1.54, 1.807) is 6.20 Å². The molecule has 0 aromatic carbocycles. The molecule has 3 N–H and O–H groups in total. The Morgan fingerprint density at radius 2 is 2.33 bits per heavy atom. The van der Waals surface area contributed by atoms with Gasteiger partial charge in [-0.3, -0.25) is 9.89 Å². The maximum atomic E-state index is 11.6. The minimum absolute atomic E-state index is 0.124. The number of aromatic nitrogens is 2. The van der Waals surface area contributed by atoms with Gasteiger partial charge in [0.15, 0.2) is 5.76 Å². The Morgan fingerprint density at radius 1 is 1.48 bits per heavy atom. The number of hydrogen-bond acceptors (Lipinski definition) is 4. The largest absolute Gasteiger partial charge is 0.460 e. The Hall–Kier alpha value is -2.08. The summed E-state index contributed by atoms with van der Waals surface area (Å²) in [7, 11) is 0. The number of amides is 1. The van der Waals surface area contributed by atoms with E-state index in [2.05, 4.69) is 20.8 Å². The molecule has 0 saturated heterocycles. The normalized spacial score (nSPS) is 14.3. The molecule has 1 fully saturated rings. The number of nitrogens with zero attached hydrogens (tertiary/aromatic N) is 1.